The van der Waals surface area contributed by atoms with Gasteiger partial charge in [-0.1, -0.05) is 12.1 Å². The Hall–Kier alpha value is -2.25. The molecule has 3 heterocycles. The molecule has 0 radical (unpaired) electrons. The molecule has 6 nitrogen and oxygen atoms in total. The number of carbonyl (C=O) groups excluding carboxylic acids is 1. The van der Waals surface area contributed by atoms with Crippen molar-refractivity contribution in [3.63, 3.8) is 0 Å². The third-order valence-corrected chi connectivity index (χ3v) is 5.60. The van der Waals surface area contributed by atoms with Gasteiger partial charge in [-0.15, -0.1) is 0 Å². The summed E-state index contributed by atoms with van der Waals surface area (Å²) in [6.45, 7) is 4.12. The average molecular weight is 386 g/mol. The van der Waals surface area contributed by atoms with Crippen LogP contribution in [0.25, 0.3) is 11.3 Å². The molecular weight excluding hydrogens is 359 g/mol. The van der Waals surface area contributed by atoms with Gasteiger partial charge in [0.2, 0.25) is 11.8 Å². The van der Waals surface area contributed by atoms with E-state index in [1.807, 2.05) is 0 Å². The number of halogens is 1. The first-order chi connectivity index (χ1) is 13.7. The second-order valence-electron chi connectivity index (χ2n) is 7.74. The van der Waals surface area contributed by atoms with Gasteiger partial charge in [-0.2, -0.15) is 0 Å². The van der Waals surface area contributed by atoms with Crippen LogP contribution in [0.1, 0.15) is 31.6 Å². The smallest absolute Gasteiger partial charge is 0.237 e. The van der Waals surface area contributed by atoms with E-state index in [2.05, 4.69) is 20.5 Å². The molecule has 2 aliphatic heterocycles. The van der Waals surface area contributed by atoms with Gasteiger partial charge in [0.15, 0.2) is 5.76 Å². The first-order valence-corrected chi connectivity index (χ1v) is 10.1. The highest BCUT2D eigenvalue weighted by Gasteiger charge is 2.25. The molecule has 2 N–H and O–H groups in total. The summed E-state index contributed by atoms with van der Waals surface area (Å²) in [5.74, 6) is 1.30. The third kappa shape index (κ3) is 4.59. The molecule has 7 heteroatoms. The molecule has 1 aromatic heterocycles. The van der Waals surface area contributed by atoms with Gasteiger partial charge < -0.3 is 15.1 Å². The van der Waals surface area contributed by atoms with Crippen LogP contribution in [-0.4, -0.2) is 48.0 Å². The zero-order valence-electron chi connectivity index (χ0n) is 16.0. The van der Waals surface area contributed by atoms with Crippen LogP contribution in [0.2, 0.25) is 0 Å². The lowest BCUT2D eigenvalue weighted by Crippen LogP contribution is -2.45. The number of benzene rings is 1. The number of oxazole rings is 1. The summed E-state index contributed by atoms with van der Waals surface area (Å²) in [4.78, 5) is 18.8. The molecular formula is C21H27FN4O2. The van der Waals surface area contributed by atoms with Gasteiger partial charge >= 0.3 is 0 Å². The van der Waals surface area contributed by atoms with Gasteiger partial charge in [0.1, 0.15) is 5.82 Å². The fourth-order valence-corrected chi connectivity index (χ4v) is 4.10. The summed E-state index contributed by atoms with van der Waals surface area (Å²) in [5, 5.41) is 6.34. The zero-order chi connectivity index (χ0) is 19.3. The van der Waals surface area contributed by atoms with Gasteiger partial charge in [-0.3, -0.25) is 9.69 Å². The quantitative estimate of drug-likeness (QED) is 0.799. The van der Waals surface area contributed by atoms with E-state index >= 15 is 0 Å². The van der Waals surface area contributed by atoms with Crippen molar-refractivity contribution in [2.45, 2.75) is 38.3 Å². The monoisotopic (exact) mass is 386 g/mol. The van der Waals surface area contributed by atoms with Crippen molar-refractivity contribution >= 4 is 5.91 Å². The number of aromatic nitrogens is 1. The van der Waals surface area contributed by atoms with E-state index in [1.165, 1.54) is 6.07 Å². The van der Waals surface area contributed by atoms with Crippen molar-refractivity contribution in [3.05, 3.63) is 42.2 Å². The largest absolute Gasteiger partial charge is 0.439 e. The highest BCUT2D eigenvalue weighted by Crippen LogP contribution is 2.24. The topological polar surface area (TPSA) is 70.4 Å². The molecule has 2 fully saturated rings. The number of hydrogen-bond donors (Lipinski definition) is 2. The number of nitrogens with one attached hydrogen (secondary N) is 2. The number of amides is 1. The molecule has 1 amide bonds. The predicted octanol–water partition coefficient (Wildman–Crippen LogP) is 2.56. The first-order valence-electron chi connectivity index (χ1n) is 10.1. The van der Waals surface area contributed by atoms with E-state index in [1.54, 1.807) is 24.4 Å². The Labute approximate surface area is 164 Å². The molecule has 28 heavy (non-hydrogen) atoms. The Morgan fingerprint density at radius 3 is 3.04 bits per heavy atom. The molecule has 2 aromatic rings. The third-order valence-electron chi connectivity index (χ3n) is 5.60. The Balaban J connectivity index is 1.29. The number of hydrogen-bond acceptors (Lipinski definition) is 5. The molecule has 2 saturated heterocycles. The second-order valence-corrected chi connectivity index (χ2v) is 7.74. The van der Waals surface area contributed by atoms with Gasteiger partial charge in [0, 0.05) is 13.1 Å². The Morgan fingerprint density at radius 1 is 1.32 bits per heavy atom. The van der Waals surface area contributed by atoms with E-state index in [0.29, 0.717) is 36.2 Å². The van der Waals surface area contributed by atoms with Gasteiger partial charge in [-0.25, -0.2) is 9.37 Å². The summed E-state index contributed by atoms with van der Waals surface area (Å²) in [7, 11) is 0. The minimum atomic E-state index is -0.310. The number of carbonyl (C=O) groups is 1. The molecule has 0 spiro atoms. The SMILES string of the molecule is O=C(NCC1CCCN(Cc2ncc(-c3ccccc3F)o2)C1)C1CCCN1. The predicted molar refractivity (Wildman–Crippen MR) is 104 cm³/mol. The zero-order valence-corrected chi connectivity index (χ0v) is 16.0. The summed E-state index contributed by atoms with van der Waals surface area (Å²) >= 11 is 0. The molecule has 2 aliphatic rings. The van der Waals surface area contributed by atoms with Crippen molar-refractivity contribution < 1.29 is 13.6 Å². The average Bonchev–Trinajstić information content (AvgIpc) is 3.39. The minimum Gasteiger partial charge on any atom is -0.439 e. The maximum absolute atomic E-state index is 13.9. The van der Waals surface area contributed by atoms with E-state index < -0.39 is 0 Å². The van der Waals surface area contributed by atoms with E-state index in [9.17, 15) is 9.18 Å². The van der Waals surface area contributed by atoms with Gasteiger partial charge in [-0.05, 0) is 56.8 Å². The van der Waals surface area contributed by atoms with Gasteiger partial charge in [0.25, 0.3) is 0 Å². The van der Waals surface area contributed by atoms with Crippen LogP contribution < -0.4 is 10.6 Å². The van der Waals surface area contributed by atoms with E-state index in [0.717, 1.165) is 45.3 Å². The van der Waals surface area contributed by atoms with Crippen molar-refractivity contribution in [2.24, 2.45) is 5.92 Å². The fourth-order valence-electron chi connectivity index (χ4n) is 4.10. The molecule has 1 aromatic carbocycles. The maximum atomic E-state index is 13.9. The summed E-state index contributed by atoms with van der Waals surface area (Å²) in [6.07, 6.45) is 5.78. The van der Waals surface area contributed by atoms with Crippen LogP contribution >= 0.6 is 0 Å². The Kier molecular flexibility index (Phi) is 6.02. The van der Waals surface area contributed by atoms with Crippen LogP contribution in [0.5, 0.6) is 0 Å². The maximum Gasteiger partial charge on any atom is 0.237 e. The molecule has 2 atom stereocenters. The second kappa shape index (κ2) is 8.84. The summed E-state index contributed by atoms with van der Waals surface area (Å²) in [5.41, 5.74) is 0.431. The van der Waals surface area contributed by atoms with Crippen LogP contribution in [0.15, 0.2) is 34.9 Å². The Morgan fingerprint density at radius 2 is 2.21 bits per heavy atom. The van der Waals surface area contributed by atoms with Crippen LogP contribution in [-0.2, 0) is 11.3 Å². The fraction of sp³-hybridized carbons (Fsp3) is 0.524. The number of piperidine rings is 1. The van der Waals surface area contributed by atoms with Crippen molar-refractivity contribution in [3.8, 4) is 11.3 Å². The molecule has 0 saturated carbocycles. The van der Waals surface area contributed by atoms with Crippen LogP contribution in [0, 0.1) is 11.7 Å². The highest BCUT2D eigenvalue weighted by molar-refractivity contribution is 5.81. The number of nitrogens with zero attached hydrogens (tertiary/aromatic N) is 2. The standard InChI is InChI=1S/C21H27FN4O2/c22-17-7-2-1-6-16(17)19-12-24-20(28-19)14-26-10-4-5-15(13-26)11-25-21(27)18-8-3-9-23-18/h1-2,6-7,12,15,18,23H,3-5,8-11,13-14H2,(H,25,27). The lowest BCUT2D eigenvalue weighted by Gasteiger charge is -2.32. The molecule has 0 bridgehead atoms. The highest BCUT2D eigenvalue weighted by atomic mass is 19.1. The van der Waals surface area contributed by atoms with Gasteiger partial charge in [0.05, 0.1) is 24.3 Å². The van der Waals surface area contributed by atoms with E-state index in [-0.39, 0.29) is 17.8 Å². The Bertz CT molecular complexity index is 803. The van der Waals surface area contributed by atoms with Crippen molar-refractivity contribution in [1.29, 1.82) is 0 Å². The first kappa shape index (κ1) is 19.1. The lowest BCUT2D eigenvalue weighted by molar-refractivity contribution is -0.123. The molecule has 4 rings (SSSR count). The molecule has 0 aliphatic carbocycles. The van der Waals surface area contributed by atoms with E-state index in [4.69, 9.17) is 4.42 Å². The summed E-state index contributed by atoms with van der Waals surface area (Å²) in [6, 6.07) is 6.53. The number of rotatable bonds is 6. The normalized spacial score (nSPS) is 23.0. The number of likely N-dealkylation sites (tertiary alicyclic amines) is 1. The van der Waals surface area contributed by atoms with Crippen molar-refractivity contribution in [1.82, 2.24) is 20.5 Å². The van der Waals surface area contributed by atoms with Crippen molar-refractivity contribution in [2.75, 3.05) is 26.2 Å². The van der Waals surface area contributed by atoms with Crippen LogP contribution in [0.4, 0.5) is 4.39 Å². The lowest BCUT2D eigenvalue weighted by atomic mass is 9.98. The minimum absolute atomic E-state index is 0.0242. The molecule has 150 valence electrons. The molecule has 2 unspecified atom stereocenters. The summed E-state index contributed by atoms with van der Waals surface area (Å²) < 4.78 is 19.7. The van der Waals surface area contributed by atoms with Crippen LogP contribution in [0.3, 0.4) is 0 Å².